The fourth-order valence-corrected chi connectivity index (χ4v) is 2.26. The molecule has 0 aliphatic carbocycles. The SMILES string of the molecule is CC1OCCC1N(C)C(=O)c1cc(F)c(F)c(F)c1. The molecule has 6 heteroatoms. The maximum atomic E-state index is 13.1. The summed E-state index contributed by atoms with van der Waals surface area (Å²) in [5, 5.41) is 0. The van der Waals surface area contributed by atoms with Gasteiger partial charge in [0.15, 0.2) is 17.5 Å². The first-order chi connectivity index (χ1) is 8.91. The Balaban J connectivity index is 2.24. The van der Waals surface area contributed by atoms with Gasteiger partial charge in [0.1, 0.15) is 0 Å². The van der Waals surface area contributed by atoms with E-state index in [2.05, 4.69) is 0 Å². The molecular weight excluding hydrogens is 259 g/mol. The first kappa shape index (κ1) is 13.9. The zero-order valence-corrected chi connectivity index (χ0v) is 10.6. The minimum Gasteiger partial charge on any atom is -0.376 e. The highest BCUT2D eigenvalue weighted by atomic mass is 19.2. The zero-order valence-electron chi connectivity index (χ0n) is 10.6. The van der Waals surface area contributed by atoms with Crippen LogP contribution in [0.25, 0.3) is 0 Å². The van der Waals surface area contributed by atoms with E-state index in [4.69, 9.17) is 4.74 Å². The maximum absolute atomic E-state index is 13.1. The molecule has 1 aromatic carbocycles. The number of halogens is 3. The molecule has 104 valence electrons. The molecule has 19 heavy (non-hydrogen) atoms. The van der Waals surface area contributed by atoms with Crippen molar-refractivity contribution in [2.45, 2.75) is 25.5 Å². The van der Waals surface area contributed by atoms with E-state index in [1.807, 2.05) is 6.92 Å². The van der Waals surface area contributed by atoms with Crippen LogP contribution in [0.1, 0.15) is 23.7 Å². The van der Waals surface area contributed by atoms with Gasteiger partial charge in [-0.25, -0.2) is 13.2 Å². The number of benzene rings is 1. The third-order valence-corrected chi connectivity index (χ3v) is 3.38. The van der Waals surface area contributed by atoms with E-state index in [1.165, 1.54) is 11.9 Å². The highest BCUT2D eigenvalue weighted by Crippen LogP contribution is 2.21. The molecule has 2 rings (SSSR count). The lowest BCUT2D eigenvalue weighted by molar-refractivity contribution is 0.0573. The van der Waals surface area contributed by atoms with Crippen LogP contribution in [-0.2, 0) is 4.74 Å². The Morgan fingerprint density at radius 2 is 1.89 bits per heavy atom. The van der Waals surface area contributed by atoms with Gasteiger partial charge in [0, 0.05) is 19.2 Å². The summed E-state index contributed by atoms with van der Waals surface area (Å²) < 4.78 is 44.4. The number of ether oxygens (including phenoxy) is 1. The van der Waals surface area contributed by atoms with Gasteiger partial charge in [0.2, 0.25) is 0 Å². The molecule has 1 aliphatic rings. The van der Waals surface area contributed by atoms with Crippen molar-refractivity contribution in [3.8, 4) is 0 Å². The molecular formula is C13H14F3NO2. The molecule has 1 aliphatic heterocycles. The summed E-state index contributed by atoms with van der Waals surface area (Å²) in [6.45, 7) is 2.36. The molecule has 1 fully saturated rings. The second kappa shape index (κ2) is 5.21. The van der Waals surface area contributed by atoms with Crippen molar-refractivity contribution in [3.63, 3.8) is 0 Å². The molecule has 0 radical (unpaired) electrons. The van der Waals surface area contributed by atoms with Gasteiger partial charge >= 0.3 is 0 Å². The Kier molecular flexibility index (Phi) is 3.80. The molecule has 0 spiro atoms. The molecule has 3 nitrogen and oxygen atoms in total. The normalized spacial score (nSPS) is 22.6. The predicted molar refractivity (Wildman–Crippen MR) is 62.2 cm³/mol. The molecule has 1 aromatic rings. The number of likely N-dealkylation sites (N-methyl/N-ethyl adjacent to an activating group) is 1. The number of hydrogen-bond acceptors (Lipinski definition) is 2. The van der Waals surface area contributed by atoms with Crippen LogP contribution >= 0.6 is 0 Å². The summed E-state index contributed by atoms with van der Waals surface area (Å²) in [5.74, 6) is -4.86. The summed E-state index contributed by atoms with van der Waals surface area (Å²) in [7, 11) is 1.54. The lowest BCUT2D eigenvalue weighted by atomic mass is 10.1. The molecule has 2 atom stereocenters. The second-order valence-electron chi connectivity index (χ2n) is 4.60. The van der Waals surface area contributed by atoms with Crippen molar-refractivity contribution < 1.29 is 22.7 Å². The minimum absolute atomic E-state index is 0.135. The Labute approximate surface area is 109 Å². The highest BCUT2D eigenvalue weighted by Gasteiger charge is 2.31. The number of amides is 1. The van der Waals surface area contributed by atoms with Crippen molar-refractivity contribution in [1.29, 1.82) is 0 Å². The monoisotopic (exact) mass is 273 g/mol. The molecule has 1 heterocycles. The number of carbonyl (C=O) groups excluding carboxylic acids is 1. The first-order valence-electron chi connectivity index (χ1n) is 5.95. The Morgan fingerprint density at radius 1 is 1.32 bits per heavy atom. The lowest BCUT2D eigenvalue weighted by Gasteiger charge is -2.26. The van der Waals surface area contributed by atoms with Gasteiger partial charge in [-0.3, -0.25) is 4.79 Å². The number of carbonyl (C=O) groups is 1. The molecule has 1 saturated heterocycles. The standard InChI is InChI=1S/C13H14F3NO2/c1-7-11(3-4-19-7)17(2)13(18)8-5-9(14)12(16)10(15)6-8/h5-7,11H,3-4H2,1-2H3. The van der Waals surface area contributed by atoms with Crippen LogP contribution in [0.5, 0.6) is 0 Å². The molecule has 0 N–H and O–H groups in total. The predicted octanol–water partition coefficient (Wildman–Crippen LogP) is 2.35. The summed E-state index contributed by atoms with van der Waals surface area (Å²) in [4.78, 5) is 13.5. The van der Waals surface area contributed by atoms with Crippen LogP contribution in [0.15, 0.2) is 12.1 Å². The van der Waals surface area contributed by atoms with Gasteiger partial charge in [-0.2, -0.15) is 0 Å². The zero-order chi connectivity index (χ0) is 14.2. The van der Waals surface area contributed by atoms with Gasteiger partial charge in [0.05, 0.1) is 12.1 Å². The topological polar surface area (TPSA) is 29.5 Å². The fraction of sp³-hybridized carbons (Fsp3) is 0.462. The maximum Gasteiger partial charge on any atom is 0.254 e. The van der Waals surface area contributed by atoms with Gasteiger partial charge in [0.25, 0.3) is 5.91 Å². The number of rotatable bonds is 2. The van der Waals surface area contributed by atoms with Gasteiger partial charge in [-0.1, -0.05) is 0 Å². The van der Waals surface area contributed by atoms with E-state index >= 15 is 0 Å². The Morgan fingerprint density at radius 3 is 2.37 bits per heavy atom. The van der Waals surface area contributed by atoms with Gasteiger partial charge in [-0.05, 0) is 25.5 Å². The van der Waals surface area contributed by atoms with Crippen LogP contribution in [-0.4, -0.2) is 36.6 Å². The van der Waals surface area contributed by atoms with Crippen molar-refractivity contribution in [2.75, 3.05) is 13.7 Å². The van der Waals surface area contributed by atoms with Crippen LogP contribution in [0, 0.1) is 17.5 Å². The average Bonchev–Trinajstić information content (AvgIpc) is 2.79. The highest BCUT2D eigenvalue weighted by molar-refractivity contribution is 5.94. The van der Waals surface area contributed by atoms with E-state index in [1.54, 1.807) is 0 Å². The van der Waals surface area contributed by atoms with Crippen LogP contribution < -0.4 is 0 Å². The van der Waals surface area contributed by atoms with Crippen LogP contribution in [0.2, 0.25) is 0 Å². The average molecular weight is 273 g/mol. The van der Waals surface area contributed by atoms with Crippen LogP contribution in [0.3, 0.4) is 0 Å². The smallest absolute Gasteiger partial charge is 0.254 e. The largest absolute Gasteiger partial charge is 0.376 e. The summed E-state index contributed by atoms with van der Waals surface area (Å²) in [6.07, 6.45) is 0.527. The minimum atomic E-state index is -1.57. The van der Waals surface area contributed by atoms with Gasteiger partial charge in [-0.15, -0.1) is 0 Å². The summed E-state index contributed by atoms with van der Waals surface area (Å²) in [5.41, 5.74) is -0.210. The lowest BCUT2D eigenvalue weighted by Crippen LogP contribution is -2.41. The van der Waals surface area contributed by atoms with E-state index in [9.17, 15) is 18.0 Å². The molecule has 2 unspecified atom stereocenters. The summed E-state index contributed by atoms with van der Waals surface area (Å²) in [6, 6.07) is 1.26. The van der Waals surface area contributed by atoms with Crippen LogP contribution in [0.4, 0.5) is 13.2 Å². The van der Waals surface area contributed by atoms with Gasteiger partial charge < -0.3 is 9.64 Å². The Bertz CT molecular complexity index is 484. The van der Waals surface area contributed by atoms with E-state index < -0.39 is 23.4 Å². The first-order valence-corrected chi connectivity index (χ1v) is 5.95. The number of nitrogens with zero attached hydrogens (tertiary/aromatic N) is 1. The van der Waals surface area contributed by atoms with Crippen molar-refractivity contribution in [2.24, 2.45) is 0 Å². The Hall–Kier alpha value is -1.56. The van der Waals surface area contributed by atoms with Crippen molar-refractivity contribution in [1.82, 2.24) is 4.90 Å². The molecule has 0 saturated carbocycles. The molecule has 0 bridgehead atoms. The molecule has 1 amide bonds. The van der Waals surface area contributed by atoms with E-state index in [-0.39, 0.29) is 17.7 Å². The van der Waals surface area contributed by atoms with Crippen molar-refractivity contribution >= 4 is 5.91 Å². The van der Waals surface area contributed by atoms with E-state index in [0.29, 0.717) is 25.2 Å². The quantitative estimate of drug-likeness (QED) is 0.774. The second-order valence-corrected chi connectivity index (χ2v) is 4.60. The van der Waals surface area contributed by atoms with Crippen molar-refractivity contribution in [3.05, 3.63) is 35.1 Å². The molecule has 0 aromatic heterocycles. The van der Waals surface area contributed by atoms with E-state index in [0.717, 1.165) is 0 Å². The fourth-order valence-electron chi connectivity index (χ4n) is 2.26. The third-order valence-electron chi connectivity index (χ3n) is 3.38. The third kappa shape index (κ3) is 2.58. The summed E-state index contributed by atoms with van der Waals surface area (Å²) >= 11 is 0. The number of hydrogen-bond donors (Lipinski definition) is 0.